The van der Waals surface area contributed by atoms with Gasteiger partial charge in [0.05, 0.1) is 16.8 Å². The van der Waals surface area contributed by atoms with Crippen molar-refractivity contribution in [3.05, 3.63) is 57.2 Å². The number of thiophene rings is 1. The summed E-state index contributed by atoms with van der Waals surface area (Å²) in [6.45, 7) is -2.89. The molecule has 0 spiro atoms. The molecule has 25 heavy (non-hydrogen) atoms. The third-order valence-corrected chi connectivity index (χ3v) is 4.47. The number of ether oxygens (including phenoxy) is 1. The maximum atomic E-state index is 12.4. The van der Waals surface area contributed by atoms with Crippen LogP contribution in [0.4, 0.5) is 8.78 Å². The van der Waals surface area contributed by atoms with Gasteiger partial charge < -0.3 is 14.9 Å². The number of pyridine rings is 1. The van der Waals surface area contributed by atoms with Gasteiger partial charge >= 0.3 is 12.6 Å². The van der Waals surface area contributed by atoms with E-state index in [4.69, 9.17) is 0 Å². The molecule has 6 nitrogen and oxygen atoms in total. The molecule has 3 aromatic rings. The number of carboxylic acids is 1. The molecule has 0 aliphatic rings. The van der Waals surface area contributed by atoms with Crippen molar-refractivity contribution in [2.24, 2.45) is 0 Å². The van der Waals surface area contributed by atoms with Gasteiger partial charge in [-0.1, -0.05) is 12.1 Å². The fourth-order valence-corrected chi connectivity index (χ4v) is 3.40. The molecule has 2 heterocycles. The van der Waals surface area contributed by atoms with Gasteiger partial charge in [0.1, 0.15) is 11.3 Å². The summed E-state index contributed by atoms with van der Waals surface area (Å²) in [6.07, 6.45) is 0. The van der Waals surface area contributed by atoms with E-state index in [0.717, 1.165) is 11.3 Å². The molecule has 0 atom stereocenters. The first-order valence-corrected chi connectivity index (χ1v) is 7.86. The van der Waals surface area contributed by atoms with Crippen LogP contribution in [0.2, 0.25) is 0 Å². The number of aromatic nitrogens is 1. The van der Waals surface area contributed by atoms with Crippen molar-refractivity contribution in [3.63, 3.8) is 0 Å². The largest absolute Gasteiger partial charge is 0.502 e. The summed E-state index contributed by atoms with van der Waals surface area (Å²) in [5.41, 5.74) is -0.292. The number of benzene rings is 1. The summed E-state index contributed by atoms with van der Waals surface area (Å²) in [4.78, 5) is 23.7. The van der Waals surface area contributed by atoms with Gasteiger partial charge in [0.15, 0.2) is 5.75 Å². The number of rotatable bonds is 5. The van der Waals surface area contributed by atoms with Crippen molar-refractivity contribution in [2.45, 2.75) is 13.2 Å². The zero-order valence-corrected chi connectivity index (χ0v) is 13.3. The molecule has 3 rings (SSSR count). The number of carboxylic acid groups (broad SMARTS) is 1. The Labute approximate surface area is 143 Å². The lowest BCUT2D eigenvalue weighted by molar-refractivity contribution is -0.0498. The highest BCUT2D eigenvalue weighted by molar-refractivity contribution is 7.17. The number of hydrogen-bond acceptors (Lipinski definition) is 5. The van der Waals surface area contributed by atoms with Crippen molar-refractivity contribution >= 4 is 27.5 Å². The Morgan fingerprint density at radius 1 is 1.24 bits per heavy atom. The van der Waals surface area contributed by atoms with Crippen LogP contribution in [-0.4, -0.2) is 27.4 Å². The van der Waals surface area contributed by atoms with Crippen molar-refractivity contribution < 1.29 is 28.5 Å². The average Bonchev–Trinajstić information content (AvgIpc) is 3.01. The van der Waals surface area contributed by atoms with Crippen LogP contribution in [0.1, 0.15) is 15.9 Å². The average molecular weight is 367 g/mol. The van der Waals surface area contributed by atoms with Crippen LogP contribution in [-0.2, 0) is 6.54 Å². The first-order valence-electron chi connectivity index (χ1n) is 6.98. The van der Waals surface area contributed by atoms with Gasteiger partial charge in [-0.25, -0.2) is 4.79 Å². The van der Waals surface area contributed by atoms with Crippen LogP contribution in [0.15, 0.2) is 40.5 Å². The fraction of sp³-hybridized carbons (Fsp3) is 0.125. The molecule has 0 unspecified atom stereocenters. The summed E-state index contributed by atoms with van der Waals surface area (Å²) in [5, 5.41) is 20.8. The number of carbonyl (C=O) groups is 1. The van der Waals surface area contributed by atoms with Gasteiger partial charge in [0.2, 0.25) is 0 Å². The minimum absolute atomic E-state index is 0.0177. The van der Waals surface area contributed by atoms with E-state index in [2.05, 4.69) is 4.74 Å². The van der Waals surface area contributed by atoms with Gasteiger partial charge in [-0.2, -0.15) is 8.78 Å². The minimum Gasteiger partial charge on any atom is -0.502 e. The Morgan fingerprint density at radius 2 is 1.92 bits per heavy atom. The molecule has 0 saturated carbocycles. The van der Waals surface area contributed by atoms with Gasteiger partial charge in [-0.15, -0.1) is 11.3 Å². The van der Waals surface area contributed by atoms with Gasteiger partial charge in [-0.05, 0) is 29.1 Å². The zero-order valence-electron chi connectivity index (χ0n) is 12.5. The molecular weight excluding hydrogens is 356 g/mol. The normalized spacial score (nSPS) is 11.2. The maximum Gasteiger partial charge on any atom is 0.387 e. The molecular formula is C16H11F2NO5S. The molecule has 9 heteroatoms. The molecule has 0 saturated heterocycles. The lowest BCUT2D eigenvalue weighted by atomic mass is 10.1. The number of aromatic hydroxyl groups is 1. The van der Waals surface area contributed by atoms with Crippen LogP contribution >= 0.6 is 11.3 Å². The first-order chi connectivity index (χ1) is 11.9. The molecule has 0 aliphatic heterocycles. The second kappa shape index (κ2) is 6.52. The van der Waals surface area contributed by atoms with E-state index in [-0.39, 0.29) is 17.0 Å². The molecule has 2 aromatic heterocycles. The maximum absolute atomic E-state index is 12.4. The molecule has 130 valence electrons. The van der Waals surface area contributed by atoms with Gasteiger partial charge in [-0.3, -0.25) is 9.36 Å². The number of aromatic carboxylic acids is 1. The molecule has 0 bridgehead atoms. The number of hydrogen-bond donors (Lipinski definition) is 2. The van der Waals surface area contributed by atoms with E-state index >= 15 is 0 Å². The van der Waals surface area contributed by atoms with E-state index in [1.807, 2.05) is 0 Å². The SMILES string of the molecule is O=C(O)c1c(O)c(=O)n(Cc2ccc(OC(F)F)cc2)c2ccsc12. The Morgan fingerprint density at radius 3 is 2.52 bits per heavy atom. The molecule has 0 fully saturated rings. The van der Waals surface area contributed by atoms with E-state index in [9.17, 15) is 28.6 Å². The van der Waals surface area contributed by atoms with Crippen LogP contribution < -0.4 is 10.3 Å². The second-order valence-electron chi connectivity index (χ2n) is 5.08. The van der Waals surface area contributed by atoms with Crippen molar-refractivity contribution in [2.75, 3.05) is 0 Å². The second-order valence-corrected chi connectivity index (χ2v) is 5.99. The van der Waals surface area contributed by atoms with E-state index < -0.39 is 29.5 Å². The molecule has 2 N–H and O–H groups in total. The lowest BCUT2D eigenvalue weighted by Crippen LogP contribution is -2.22. The molecule has 1 aromatic carbocycles. The Balaban J connectivity index is 2.04. The highest BCUT2D eigenvalue weighted by atomic mass is 32.1. The highest BCUT2D eigenvalue weighted by Crippen LogP contribution is 2.29. The van der Waals surface area contributed by atoms with E-state index in [1.165, 1.54) is 28.8 Å². The molecule has 0 amide bonds. The predicted molar refractivity (Wildman–Crippen MR) is 86.9 cm³/mol. The zero-order chi connectivity index (χ0) is 18.1. The minimum atomic E-state index is -2.93. The summed E-state index contributed by atoms with van der Waals surface area (Å²) in [7, 11) is 0. The van der Waals surface area contributed by atoms with Crippen LogP contribution in [0.5, 0.6) is 11.5 Å². The smallest absolute Gasteiger partial charge is 0.387 e. The molecule has 0 radical (unpaired) electrons. The summed E-state index contributed by atoms with van der Waals surface area (Å²) < 4.78 is 30.1. The number of halogens is 2. The highest BCUT2D eigenvalue weighted by Gasteiger charge is 2.22. The topological polar surface area (TPSA) is 88.8 Å². The number of nitrogens with zero attached hydrogens (tertiary/aromatic N) is 1. The van der Waals surface area contributed by atoms with Gasteiger partial charge in [0, 0.05) is 0 Å². The van der Waals surface area contributed by atoms with Crippen molar-refractivity contribution in [3.8, 4) is 11.5 Å². The standard InChI is InChI=1S/C16H11F2NO5S/c17-16(18)24-9-3-1-8(2-4-9)7-19-10-5-6-25-13(10)11(15(22)23)12(20)14(19)21/h1-6,16,20H,7H2,(H,22,23). The Kier molecular flexibility index (Phi) is 4.41. The number of alkyl halides is 2. The summed E-state index contributed by atoms with van der Waals surface area (Å²) in [5.74, 6) is -2.24. The third-order valence-electron chi connectivity index (χ3n) is 3.55. The summed E-state index contributed by atoms with van der Waals surface area (Å²) in [6, 6.07) is 7.27. The van der Waals surface area contributed by atoms with Crippen molar-refractivity contribution in [1.82, 2.24) is 4.57 Å². The lowest BCUT2D eigenvalue weighted by Gasteiger charge is -2.11. The Bertz CT molecular complexity index is 994. The van der Waals surface area contributed by atoms with Crippen LogP contribution in [0, 0.1) is 0 Å². The molecule has 0 aliphatic carbocycles. The van der Waals surface area contributed by atoms with Crippen molar-refractivity contribution in [1.29, 1.82) is 0 Å². The summed E-state index contributed by atoms with van der Waals surface area (Å²) >= 11 is 1.10. The first kappa shape index (κ1) is 16.9. The Hall–Kier alpha value is -2.94. The third kappa shape index (κ3) is 3.18. The van der Waals surface area contributed by atoms with E-state index in [0.29, 0.717) is 11.1 Å². The van der Waals surface area contributed by atoms with E-state index in [1.54, 1.807) is 11.4 Å². The predicted octanol–water partition coefficient (Wildman–Crippen LogP) is 3.12. The monoisotopic (exact) mass is 367 g/mol. The van der Waals surface area contributed by atoms with Crippen LogP contribution in [0.25, 0.3) is 10.2 Å². The quantitative estimate of drug-likeness (QED) is 0.723. The van der Waals surface area contributed by atoms with Gasteiger partial charge in [0.25, 0.3) is 5.56 Å². The fourth-order valence-electron chi connectivity index (χ4n) is 2.47. The number of fused-ring (bicyclic) bond motifs is 1. The van der Waals surface area contributed by atoms with Crippen LogP contribution in [0.3, 0.4) is 0 Å².